The van der Waals surface area contributed by atoms with Crippen LogP contribution in [0.1, 0.15) is 23.7 Å². The second-order valence-corrected chi connectivity index (χ2v) is 6.68. The van der Waals surface area contributed by atoms with Gasteiger partial charge in [-0.25, -0.2) is 4.98 Å². The van der Waals surface area contributed by atoms with Crippen LogP contribution in [0.15, 0.2) is 48.5 Å². The van der Waals surface area contributed by atoms with Gasteiger partial charge in [-0.05, 0) is 36.8 Å². The zero-order valence-corrected chi connectivity index (χ0v) is 17.2. The van der Waals surface area contributed by atoms with E-state index < -0.39 is 0 Å². The summed E-state index contributed by atoms with van der Waals surface area (Å²) in [6.07, 6.45) is 0.783. The number of rotatable bonds is 8. The summed E-state index contributed by atoms with van der Waals surface area (Å²) in [5.74, 6) is 1.10. The van der Waals surface area contributed by atoms with Crippen LogP contribution in [-0.2, 0) is 4.74 Å². The molecule has 0 spiro atoms. The van der Waals surface area contributed by atoms with Crippen molar-refractivity contribution in [2.24, 2.45) is 0 Å². The highest BCUT2D eigenvalue weighted by molar-refractivity contribution is 6.07. The average molecular weight is 394 g/mol. The van der Waals surface area contributed by atoms with E-state index >= 15 is 0 Å². The number of methoxy groups -OCH3 is 3. The largest absolute Gasteiger partial charge is 0.493 e. The number of pyridine rings is 1. The number of para-hydroxylation sites is 1. The molecule has 3 rings (SSSR count). The van der Waals surface area contributed by atoms with Crippen LogP contribution in [0.5, 0.6) is 11.5 Å². The molecule has 0 saturated heterocycles. The van der Waals surface area contributed by atoms with Gasteiger partial charge in [0.2, 0.25) is 0 Å². The number of hydrogen-bond donors (Lipinski definition) is 1. The monoisotopic (exact) mass is 394 g/mol. The van der Waals surface area contributed by atoms with E-state index in [0.717, 1.165) is 22.9 Å². The number of hydrogen-bond acceptors (Lipinski definition) is 5. The molecule has 29 heavy (non-hydrogen) atoms. The summed E-state index contributed by atoms with van der Waals surface area (Å²) in [5, 5.41) is 3.87. The van der Waals surface area contributed by atoms with Crippen molar-refractivity contribution in [3.63, 3.8) is 0 Å². The van der Waals surface area contributed by atoms with E-state index in [2.05, 4.69) is 5.32 Å². The number of carbonyl (C=O) groups is 1. The molecular formula is C23H26N2O4. The smallest absolute Gasteiger partial charge is 0.252 e. The Morgan fingerprint density at radius 3 is 2.48 bits per heavy atom. The van der Waals surface area contributed by atoms with Crippen LogP contribution in [0.3, 0.4) is 0 Å². The van der Waals surface area contributed by atoms with Gasteiger partial charge in [0, 0.05) is 18.1 Å². The summed E-state index contributed by atoms with van der Waals surface area (Å²) in [6.45, 7) is 2.48. The molecule has 0 aliphatic carbocycles. The van der Waals surface area contributed by atoms with E-state index in [1.807, 2.05) is 55.5 Å². The highest BCUT2D eigenvalue weighted by atomic mass is 16.5. The van der Waals surface area contributed by atoms with E-state index in [1.54, 1.807) is 21.3 Å². The Morgan fingerprint density at radius 2 is 1.79 bits per heavy atom. The zero-order valence-electron chi connectivity index (χ0n) is 17.2. The lowest BCUT2D eigenvalue weighted by molar-refractivity contribution is 0.0896. The average Bonchev–Trinajstić information content (AvgIpc) is 2.77. The van der Waals surface area contributed by atoms with E-state index in [9.17, 15) is 4.79 Å². The van der Waals surface area contributed by atoms with Crippen LogP contribution in [0.2, 0.25) is 0 Å². The number of amides is 1. The molecule has 1 N–H and O–H groups in total. The summed E-state index contributed by atoms with van der Waals surface area (Å²) in [4.78, 5) is 17.8. The highest BCUT2D eigenvalue weighted by Crippen LogP contribution is 2.33. The van der Waals surface area contributed by atoms with Crippen molar-refractivity contribution in [1.82, 2.24) is 10.3 Å². The van der Waals surface area contributed by atoms with Crippen LogP contribution in [0, 0.1) is 0 Å². The van der Waals surface area contributed by atoms with Gasteiger partial charge in [-0.2, -0.15) is 0 Å². The van der Waals surface area contributed by atoms with Crippen LogP contribution in [0.25, 0.3) is 22.2 Å². The Morgan fingerprint density at radius 1 is 1.03 bits per heavy atom. The first kappa shape index (κ1) is 20.6. The second kappa shape index (κ2) is 9.39. The maximum atomic E-state index is 13.1. The number of aromatic nitrogens is 1. The molecule has 1 heterocycles. The Bertz CT molecular complexity index is 1000. The third-order valence-electron chi connectivity index (χ3n) is 4.84. The van der Waals surface area contributed by atoms with E-state index in [0.29, 0.717) is 29.4 Å². The Kier molecular flexibility index (Phi) is 6.67. The molecule has 3 aromatic rings. The van der Waals surface area contributed by atoms with Crippen molar-refractivity contribution < 1.29 is 19.0 Å². The number of benzene rings is 2. The van der Waals surface area contributed by atoms with Gasteiger partial charge >= 0.3 is 0 Å². The maximum Gasteiger partial charge on any atom is 0.252 e. The second-order valence-electron chi connectivity index (χ2n) is 6.68. The normalized spacial score (nSPS) is 11.9. The molecule has 0 radical (unpaired) electrons. The van der Waals surface area contributed by atoms with Gasteiger partial charge in [0.25, 0.3) is 5.91 Å². The van der Waals surface area contributed by atoms with E-state index in [4.69, 9.17) is 19.2 Å². The molecule has 0 fully saturated rings. The quantitative estimate of drug-likeness (QED) is 0.624. The van der Waals surface area contributed by atoms with Gasteiger partial charge in [0.1, 0.15) is 0 Å². The van der Waals surface area contributed by atoms with Crippen molar-refractivity contribution in [1.29, 1.82) is 0 Å². The first-order chi connectivity index (χ1) is 14.1. The molecule has 1 atom stereocenters. The molecule has 1 amide bonds. The minimum absolute atomic E-state index is 0.0519. The number of carbonyl (C=O) groups excluding carboxylic acids is 1. The van der Waals surface area contributed by atoms with Crippen LogP contribution >= 0.6 is 0 Å². The minimum atomic E-state index is -0.144. The third-order valence-corrected chi connectivity index (χ3v) is 4.84. The fourth-order valence-electron chi connectivity index (χ4n) is 3.23. The van der Waals surface area contributed by atoms with Crippen molar-refractivity contribution in [2.75, 3.05) is 27.9 Å². The van der Waals surface area contributed by atoms with Gasteiger partial charge in [0.05, 0.1) is 43.6 Å². The zero-order chi connectivity index (χ0) is 20.8. The summed E-state index contributed by atoms with van der Waals surface area (Å²) >= 11 is 0. The lowest BCUT2D eigenvalue weighted by atomic mass is 10.0. The summed E-state index contributed by atoms with van der Waals surface area (Å²) in [7, 11) is 4.82. The molecule has 6 heteroatoms. The molecule has 0 aliphatic heterocycles. The Hall–Kier alpha value is -3.12. The SMILES string of the molecule is CCC(COC)NC(=O)c1cc(-c2ccc(OC)c(OC)c2)nc2ccccc12. The molecule has 6 nitrogen and oxygen atoms in total. The Balaban J connectivity index is 2.08. The van der Waals surface area contributed by atoms with Crippen LogP contribution in [-0.4, -0.2) is 44.9 Å². The van der Waals surface area contributed by atoms with Crippen molar-refractivity contribution in [3.05, 3.63) is 54.1 Å². The summed E-state index contributed by atoms with van der Waals surface area (Å²) in [5.41, 5.74) is 2.86. The summed E-state index contributed by atoms with van der Waals surface area (Å²) in [6, 6.07) is 15.0. The number of nitrogens with one attached hydrogen (secondary N) is 1. The lowest BCUT2D eigenvalue weighted by Crippen LogP contribution is -2.37. The first-order valence-electron chi connectivity index (χ1n) is 9.53. The van der Waals surface area contributed by atoms with Crippen molar-refractivity contribution in [3.8, 4) is 22.8 Å². The van der Waals surface area contributed by atoms with Crippen molar-refractivity contribution in [2.45, 2.75) is 19.4 Å². The fourth-order valence-corrected chi connectivity index (χ4v) is 3.23. The number of nitrogens with zero attached hydrogens (tertiary/aromatic N) is 1. The van der Waals surface area contributed by atoms with Crippen molar-refractivity contribution >= 4 is 16.8 Å². The summed E-state index contributed by atoms with van der Waals surface area (Å²) < 4.78 is 15.9. The van der Waals surface area contributed by atoms with Crippen LogP contribution < -0.4 is 14.8 Å². The number of fused-ring (bicyclic) bond motifs is 1. The first-order valence-corrected chi connectivity index (χ1v) is 9.53. The minimum Gasteiger partial charge on any atom is -0.493 e. The molecule has 1 unspecified atom stereocenters. The van der Waals surface area contributed by atoms with Gasteiger partial charge in [-0.3, -0.25) is 4.79 Å². The molecule has 0 saturated carbocycles. The van der Waals surface area contributed by atoms with Gasteiger partial charge in [-0.15, -0.1) is 0 Å². The molecule has 1 aromatic heterocycles. The molecule has 2 aromatic carbocycles. The van der Waals surface area contributed by atoms with Gasteiger partial charge < -0.3 is 19.5 Å². The van der Waals surface area contributed by atoms with Crippen LogP contribution in [0.4, 0.5) is 0 Å². The van der Waals surface area contributed by atoms with Gasteiger partial charge in [-0.1, -0.05) is 25.1 Å². The number of ether oxygens (including phenoxy) is 3. The van der Waals surface area contributed by atoms with Gasteiger partial charge in [0.15, 0.2) is 11.5 Å². The van der Waals surface area contributed by atoms with E-state index in [-0.39, 0.29) is 11.9 Å². The molecule has 0 aliphatic rings. The Labute approximate surface area is 170 Å². The fraction of sp³-hybridized carbons (Fsp3) is 0.304. The highest BCUT2D eigenvalue weighted by Gasteiger charge is 2.17. The maximum absolute atomic E-state index is 13.1. The molecule has 0 bridgehead atoms. The molecule has 152 valence electrons. The molecular weight excluding hydrogens is 368 g/mol. The lowest BCUT2D eigenvalue weighted by Gasteiger charge is -2.17. The predicted molar refractivity (Wildman–Crippen MR) is 114 cm³/mol. The third kappa shape index (κ3) is 4.49. The van der Waals surface area contributed by atoms with E-state index in [1.165, 1.54) is 0 Å². The standard InChI is InChI=1S/C23H26N2O4/c1-5-16(14-27-2)24-23(26)18-13-20(25-19-9-7-6-8-17(18)19)15-10-11-21(28-3)22(12-15)29-4/h6-13,16H,5,14H2,1-4H3,(H,24,26). The predicted octanol–water partition coefficient (Wildman–Crippen LogP) is 4.07. The topological polar surface area (TPSA) is 69.7 Å².